The van der Waals surface area contributed by atoms with Gasteiger partial charge in [-0.05, 0) is 49.7 Å². The number of nitrogens with one attached hydrogen (secondary N) is 2. The van der Waals surface area contributed by atoms with Crippen molar-refractivity contribution in [2.45, 2.75) is 19.9 Å². The normalized spacial score (nSPS) is 11.8. The van der Waals surface area contributed by atoms with Crippen LogP contribution in [0.25, 0.3) is 0 Å². The Morgan fingerprint density at radius 3 is 2.50 bits per heavy atom. The van der Waals surface area contributed by atoms with Gasteiger partial charge in [-0.25, -0.2) is 4.39 Å². The van der Waals surface area contributed by atoms with Gasteiger partial charge in [-0.2, -0.15) is 0 Å². The van der Waals surface area contributed by atoms with Gasteiger partial charge in [0.05, 0.1) is 0 Å². The molecule has 0 aromatic heterocycles. The Morgan fingerprint density at radius 1 is 1.10 bits per heavy atom. The quantitative estimate of drug-likeness (QED) is 0.893. The number of benzene rings is 2. The van der Waals surface area contributed by atoms with E-state index in [9.17, 15) is 9.18 Å². The minimum Gasteiger partial charge on any atom is -0.374 e. The van der Waals surface area contributed by atoms with E-state index in [2.05, 4.69) is 10.6 Å². The Hall–Kier alpha value is -2.36. The van der Waals surface area contributed by atoms with Crippen molar-refractivity contribution < 1.29 is 9.18 Å². The van der Waals surface area contributed by atoms with E-state index in [1.807, 2.05) is 31.2 Å². The maximum absolute atomic E-state index is 13.1. The van der Waals surface area contributed by atoms with Gasteiger partial charge in [-0.15, -0.1) is 0 Å². The molecular formula is C16H17FN2O. The number of hydrogen-bond acceptors (Lipinski definition) is 2. The Balaban J connectivity index is 1.98. The first-order chi connectivity index (χ1) is 9.54. The predicted molar refractivity (Wildman–Crippen MR) is 79.3 cm³/mol. The summed E-state index contributed by atoms with van der Waals surface area (Å²) >= 11 is 0. The Labute approximate surface area is 117 Å². The average molecular weight is 272 g/mol. The summed E-state index contributed by atoms with van der Waals surface area (Å²) in [5.41, 5.74) is 2.41. The highest BCUT2D eigenvalue weighted by Gasteiger charge is 2.12. The molecule has 2 N–H and O–H groups in total. The molecule has 20 heavy (non-hydrogen) atoms. The van der Waals surface area contributed by atoms with Crippen LogP contribution in [0.2, 0.25) is 0 Å². The highest BCUT2D eigenvalue weighted by Crippen LogP contribution is 2.13. The third-order valence-electron chi connectivity index (χ3n) is 2.89. The number of carbonyl (C=O) groups is 1. The lowest BCUT2D eigenvalue weighted by molar-refractivity contribution is -0.116. The fraction of sp³-hybridized carbons (Fsp3) is 0.188. The highest BCUT2D eigenvalue weighted by molar-refractivity contribution is 5.96. The summed E-state index contributed by atoms with van der Waals surface area (Å²) in [5.74, 6) is -0.499. The molecule has 0 aliphatic carbocycles. The van der Waals surface area contributed by atoms with E-state index in [0.717, 1.165) is 11.3 Å². The van der Waals surface area contributed by atoms with Crippen LogP contribution in [0, 0.1) is 12.7 Å². The van der Waals surface area contributed by atoms with Crippen molar-refractivity contribution in [1.29, 1.82) is 0 Å². The van der Waals surface area contributed by atoms with E-state index in [0.29, 0.717) is 5.69 Å². The van der Waals surface area contributed by atoms with Gasteiger partial charge in [0.15, 0.2) is 0 Å². The lowest BCUT2D eigenvalue weighted by atomic mass is 10.2. The van der Waals surface area contributed by atoms with Crippen molar-refractivity contribution in [3.05, 3.63) is 59.9 Å². The molecule has 4 heteroatoms. The fourth-order valence-corrected chi connectivity index (χ4v) is 1.87. The maximum atomic E-state index is 13.1. The van der Waals surface area contributed by atoms with E-state index in [1.54, 1.807) is 19.1 Å². The molecule has 0 aliphatic heterocycles. The SMILES string of the molecule is Cc1cccc(NC(=O)C(C)Nc2cccc(F)c2)c1. The first-order valence-corrected chi connectivity index (χ1v) is 6.44. The Bertz CT molecular complexity index is 613. The molecular weight excluding hydrogens is 255 g/mol. The topological polar surface area (TPSA) is 41.1 Å². The molecule has 0 saturated heterocycles. The minimum absolute atomic E-state index is 0.167. The van der Waals surface area contributed by atoms with Gasteiger partial charge < -0.3 is 10.6 Å². The number of amides is 1. The smallest absolute Gasteiger partial charge is 0.246 e. The van der Waals surface area contributed by atoms with Gasteiger partial charge in [0.2, 0.25) is 5.91 Å². The molecule has 2 aromatic rings. The summed E-state index contributed by atoms with van der Waals surface area (Å²) in [7, 11) is 0. The molecule has 3 nitrogen and oxygen atoms in total. The van der Waals surface area contributed by atoms with Crippen LogP contribution in [0.1, 0.15) is 12.5 Å². The second kappa shape index (κ2) is 6.19. The third-order valence-corrected chi connectivity index (χ3v) is 2.89. The molecule has 1 unspecified atom stereocenters. The Morgan fingerprint density at radius 2 is 1.80 bits per heavy atom. The first-order valence-electron chi connectivity index (χ1n) is 6.44. The number of rotatable bonds is 4. The molecule has 2 rings (SSSR count). The van der Waals surface area contributed by atoms with Crippen molar-refractivity contribution in [3.8, 4) is 0 Å². The van der Waals surface area contributed by atoms with E-state index in [1.165, 1.54) is 12.1 Å². The van der Waals surface area contributed by atoms with E-state index in [4.69, 9.17) is 0 Å². The van der Waals surface area contributed by atoms with Crippen LogP contribution >= 0.6 is 0 Å². The average Bonchev–Trinajstić information content (AvgIpc) is 2.38. The fourth-order valence-electron chi connectivity index (χ4n) is 1.87. The van der Waals surface area contributed by atoms with Crippen LogP contribution in [0.15, 0.2) is 48.5 Å². The van der Waals surface area contributed by atoms with Crippen molar-refractivity contribution in [2.75, 3.05) is 10.6 Å². The molecule has 0 fully saturated rings. The monoisotopic (exact) mass is 272 g/mol. The number of aryl methyl sites for hydroxylation is 1. The summed E-state index contributed by atoms with van der Waals surface area (Å²) < 4.78 is 13.1. The number of anilines is 2. The molecule has 1 atom stereocenters. The number of halogens is 1. The molecule has 0 aliphatic rings. The summed E-state index contributed by atoms with van der Waals surface area (Å²) in [6.07, 6.45) is 0. The maximum Gasteiger partial charge on any atom is 0.246 e. The number of carbonyl (C=O) groups excluding carboxylic acids is 1. The predicted octanol–water partition coefficient (Wildman–Crippen LogP) is 3.57. The zero-order valence-corrected chi connectivity index (χ0v) is 11.5. The van der Waals surface area contributed by atoms with Gasteiger partial charge in [0.1, 0.15) is 11.9 Å². The van der Waals surface area contributed by atoms with Gasteiger partial charge >= 0.3 is 0 Å². The standard InChI is InChI=1S/C16H17FN2O/c1-11-5-3-7-14(9-11)19-16(20)12(2)18-15-8-4-6-13(17)10-15/h3-10,12,18H,1-2H3,(H,19,20). The molecule has 0 heterocycles. The second-order valence-corrected chi connectivity index (χ2v) is 4.74. The lowest BCUT2D eigenvalue weighted by Gasteiger charge is -2.15. The molecule has 1 amide bonds. The second-order valence-electron chi connectivity index (χ2n) is 4.74. The molecule has 0 bridgehead atoms. The summed E-state index contributed by atoms with van der Waals surface area (Å²) in [6.45, 7) is 3.69. The van der Waals surface area contributed by atoms with Crippen LogP contribution < -0.4 is 10.6 Å². The van der Waals surface area contributed by atoms with E-state index < -0.39 is 6.04 Å². The van der Waals surface area contributed by atoms with Gasteiger partial charge in [-0.1, -0.05) is 18.2 Å². The van der Waals surface area contributed by atoms with Gasteiger partial charge in [0.25, 0.3) is 0 Å². The molecule has 2 aromatic carbocycles. The van der Waals surface area contributed by atoms with E-state index in [-0.39, 0.29) is 11.7 Å². The largest absolute Gasteiger partial charge is 0.374 e. The first kappa shape index (κ1) is 14.1. The summed E-state index contributed by atoms with van der Waals surface area (Å²) in [5, 5.41) is 5.79. The van der Waals surface area contributed by atoms with Gasteiger partial charge in [0, 0.05) is 11.4 Å². The zero-order chi connectivity index (χ0) is 14.5. The zero-order valence-electron chi connectivity index (χ0n) is 11.5. The molecule has 0 spiro atoms. The van der Waals surface area contributed by atoms with Gasteiger partial charge in [-0.3, -0.25) is 4.79 Å². The van der Waals surface area contributed by atoms with Crippen molar-refractivity contribution >= 4 is 17.3 Å². The van der Waals surface area contributed by atoms with Crippen LogP contribution in [-0.2, 0) is 4.79 Å². The van der Waals surface area contributed by atoms with Crippen molar-refractivity contribution in [1.82, 2.24) is 0 Å². The van der Waals surface area contributed by atoms with Crippen LogP contribution in [0.4, 0.5) is 15.8 Å². The molecule has 104 valence electrons. The lowest BCUT2D eigenvalue weighted by Crippen LogP contribution is -2.31. The van der Waals surface area contributed by atoms with Crippen LogP contribution in [0.3, 0.4) is 0 Å². The summed E-state index contributed by atoms with van der Waals surface area (Å²) in [4.78, 5) is 12.0. The number of hydrogen-bond donors (Lipinski definition) is 2. The van der Waals surface area contributed by atoms with Crippen LogP contribution in [-0.4, -0.2) is 11.9 Å². The third kappa shape index (κ3) is 3.82. The summed E-state index contributed by atoms with van der Waals surface area (Å²) in [6, 6.07) is 13.2. The van der Waals surface area contributed by atoms with Crippen molar-refractivity contribution in [2.24, 2.45) is 0 Å². The van der Waals surface area contributed by atoms with Crippen molar-refractivity contribution in [3.63, 3.8) is 0 Å². The molecule has 0 saturated carbocycles. The molecule has 0 radical (unpaired) electrons. The minimum atomic E-state index is -0.461. The van der Waals surface area contributed by atoms with Crippen LogP contribution in [0.5, 0.6) is 0 Å². The Kier molecular flexibility index (Phi) is 4.35. The highest BCUT2D eigenvalue weighted by atomic mass is 19.1. The van der Waals surface area contributed by atoms with E-state index >= 15 is 0 Å².